The normalized spacial score (nSPS) is 0. The van der Waals surface area contributed by atoms with Crippen molar-refractivity contribution in [3.63, 3.8) is 0 Å². The molecule has 2 radical (unpaired) electrons. The molecule has 0 nitrogen and oxygen atoms in total. The van der Waals surface area contributed by atoms with E-state index in [2.05, 4.69) is 0 Å². The van der Waals surface area contributed by atoms with Gasteiger partial charge in [0.25, 0.3) is 0 Å². The maximum Gasteiger partial charge on any atom is 2.00 e. The Labute approximate surface area is 73.0 Å². The fourth-order valence-corrected chi connectivity index (χ4v) is 0. The number of rotatable bonds is 0. The Bertz CT molecular complexity index is 11.5. The molecule has 0 fully saturated rings. The Hall–Kier alpha value is 1.92. The molecule has 0 aromatic carbocycles. The van der Waals surface area contributed by atoms with Crippen LogP contribution in [-0.2, 0) is 0 Å². The average molecular weight is 199 g/mol. The molecule has 0 N–H and O–H groups in total. The van der Waals surface area contributed by atoms with Gasteiger partial charge in [-0.3, -0.25) is 0 Å². The Morgan fingerprint density at radius 1 is 1.00 bits per heavy atom. The van der Waals surface area contributed by atoms with Gasteiger partial charge < -0.3 is 12.3 Å². The number of hydrogen-bond acceptors (Lipinski definition) is 0. The van der Waals surface area contributed by atoms with Crippen molar-refractivity contribution < 1.29 is 12.3 Å². The van der Waals surface area contributed by atoms with E-state index in [4.69, 9.17) is 0 Å². The van der Waals surface area contributed by atoms with E-state index < -0.39 is 0 Å². The average Bonchev–Trinajstić information content (AvgIpc) is 0. The maximum atomic E-state index is 0. The molecule has 0 aromatic rings. The third-order valence-electron chi connectivity index (χ3n) is 0. The van der Waals surface area contributed by atoms with Gasteiger partial charge in [-0.2, -0.15) is 0 Å². The molecule has 0 spiro atoms. The van der Waals surface area contributed by atoms with Crippen LogP contribution in [0.3, 0.4) is 0 Å². The molecule has 22 valence electrons. The molecule has 0 saturated heterocycles. The molecule has 0 unspecified atom stereocenters. The van der Waals surface area contributed by atoms with Crippen molar-refractivity contribution in [3.05, 3.63) is 0 Å². The first-order chi connectivity index (χ1) is 0. The van der Waals surface area contributed by atoms with Crippen molar-refractivity contribution in [2.24, 2.45) is 0 Å². The van der Waals surface area contributed by atoms with E-state index >= 15 is 0 Å². The number of hydrogen-bond donors (Lipinski definition) is 0. The first-order valence-electron chi connectivity index (χ1n) is 0. The van der Waals surface area contributed by atoms with Crippen LogP contribution >= 0.6 is 0 Å². The van der Waals surface area contributed by atoms with Gasteiger partial charge in [-0.15, -0.1) is 0 Å². The van der Waals surface area contributed by atoms with Crippen LogP contribution in [0.1, 0.15) is 2.85 Å². The summed E-state index contributed by atoms with van der Waals surface area (Å²) in [7, 11) is 0. The van der Waals surface area contributed by atoms with Crippen molar-refractivity contribution in [2.75, 3.05) is 0 Å². The summed E-state index contributed by atoms with van der Waals surface area (Å²) < 4.78 is 0. The van der Waals surface area contributed by atoms with Gasteiger partial charge in [-0.1, -0.05) is 0 Å². The smallest absolute Gasteiger partial charge is 1.00 e. The monoisotopic (exact) mass is 200 g/mol. The molecule has 0 aromatic heterocycles. The fraction of sp³-hybridized carbons (Fsp3) is 0. The fourth-order valence-electron chi connectivity index (χ4n) is 0. The van der Waals surface area contributed by atoms with Gasteiger partial charge in [-0.25, -0.2) is 0 Å². The summed E-state index contributed by atoms with van der Waals surface area (Å²) in [6.45, 7) is 0. The van der Waals surface area contributed by atoms with Crippen molar-refractivity contribution in [2.45, 2.75) is 0 Å². The Morgan fingerprint density at radius 2 is 1.00 bits per heavy atom. The van der Waals surface area contributed by atoms with Crippen molar-refractivity contribution in [3.8, 4) is 0 Å². The first-order valence-corrected chi connectivity index (χ1v) is 0. The van der Waals surface area contributed by atoms with Gasteiger partial charge in [0.2, 0.25) is 0 Å². The zero-order valence-electron chi connectivity index (χ0n) is 3.96. The third kappa shape index (κ3) is 9.07. The van der Waals surface area contributed by atoms with Gasteiger partial charge in [-0.05, 0) is 0 Å². The molecular weight excluding hydrogens is 197 g/mol. The molecule has 0 aliphatic carbocycles. The predicted octanol–water partition coefficient (Wildman–Crippen LogP) is -6.53. The van der Waals surface area contributed by atoms with Crippen LogP contribution in [0.2, 0.25) is 0 Å². The van der Waals surface area contributed by atoms with Crippen LogP contribution in [0.25, 0.3) is 0 Å². The van der Waals surface area contributed by atoms with Gasteiger partial charge in [0.1, 0.15) is 0 Å². The van der Waals surface area contributed by atoms with Crippen molar-refractivity contribution in [1.82, 2.24) is 0 Å². The SMILES string of the molecule is [Ca+2].[F-].[F-].[H-].[H-].[Sn+2]. The third-order valence-corrected chi connectivity index (χ3v) is 0. The van der Waals surface area contributed by atoms with Gasteiger partial charge in [0.15, 0.2) is 0 Å². The van der Waals surface area contributed by atoms with Crippen molar-refractivity contribution in [1.29, 1.82) is 0 Å². The molecule has 0 aliphatic rings. The predicted molar refractivity (Wildman–Crippen MR) is 13.7 cm³/mol. The summed E-state index contributed by atoms with van der Waals surface area (Å²) in [5, 5.41) is 0. The molecule has 0 amide bonds. The largest absolute Gasteiger partial charge is 2.00 e. The van der Waals surface area contributed by atoms with E-state index in [0.29, 0.717) is 0 Å². The van der Waals surface area contributed by atoms with Crippen LogP contribution in [0.5, 0.6) is 0 Å². The topological polar surface area (TPSA) is 0 Å². The molecule has 0 bridgehead atoms. The summed E-state index contributed by atoms with van der Waals surface area (Å²) in [6.07, 6.45) is 0. The standard InChI is InChI=1S/Ca.2FH.Sn.2H/h;2*1H;;;/q+2;;;+2;2*-1/p-2. The van der Waals surface area contributed by atoms with E-state index in [0.717, 1.165) is 0 Å². The van der Waals surface area contributed by atoms with Gasteiger partial charge in [0, 0.05) is 0 Å². The Morgan fingerprint density at radius 3 is 1.00 bits per heavy atom. The second-order valence-electron chi connectivity index (χ2n) is 0. The van der Waals surface area contributed by atoms with Crippen LogP contribution in [0.4, 0.5) is 0 Å². The minimum absolute atomic E-state index is 0. The summed E-state index contributed by atoms with van der Waals surface area (Å²) in [5.74, 6) is 0. The Kier molecular flexibility index (Phi) is 200. The van der Waals surface area contributed by atoms with Gasteiger partial charge in [0.05, 0.1) is 0 Å². The summed E-state index contributed by atoms with van der Waals surface area (Å²) in [6, 6.07) is 0. The first kappa shape index (κ1) is 38.9. The van der Waals surface area contributed by atoms with Crippen molar-refractivity contribution >= 4 is 61.6 Å². The summed E-state index contributed by atoms with van der Waals surface area (Å²) in [4.78, 5) is 0. The molecule has 4 heteroatoms. The molecular formula is H2CaF2Sn. The van der Waals surface area contributed by atoms with E-state index in [9.17, 15) is 0 Å². The summed E-state index contributed by atoms with van der Waals surface area (Å²) >= 11 is 0. The van der Waals surface area contributed by atoms with Crippen LogP contribution in [0, 0.1) is 0 Å². The second kappa shape index (κ2) is 20.5. The molecule has 0 saturated carbocycles. The van der Waals surface area contributed by atoms with Crippen LogP contribution in [-0.4, -0.2) is 61.6 Å². The maximum absolute atomic E-state index is 0. The summed E-state index contributed by atoms with van der Waals surface area (Å²) in [5.41, 5.74) is 0. The minimum Gasteiger partial charge on any atom is -1.00 e. The zero-order chi connectivity index (χ0) is 0. The van der Waals surface area contributed by atoms with E-state index in [1.807, 2.05) is 0 Å². The molecule has 0 rings (SSSR count). The van der Waals surface area contributed by atoms with E-state index in [-0.39, 0.29) is 73.9 Å². The number of halogens is 2. The Balaban J connectivity index is 0. The quantitative estimate of drug-likeness (QED) is 0.340. The molecule has 0 aliphatic heterocycles. The minimum atomic E-state index is 0. The van der Waals surface area contributed by atoms with Crippen LogP contribution in [0.15, 0.2) is 0 Å². The van der Waals surface area contributed by atoms with Gasteiger partial charge >= 0.3 is 61.6 Å². The zero-order valence-corrected chi connectivity index (χ0v) is 7.03. The van der Waals surface area contributed by atoms with Crippen LogP contribution < -0.4 is 9.41 Å². The second-order valence-corrected chi connectivity index (χ2v) is 0. The molecule has 4 heavy (non-hydrogen) atoms. The van der Waals surface area contributed by atoms with E-state index in [1.54, 1.807) is 0 Å². The van der Waals surface area contributed by atoms with E-state index in [1.165, 1.54) is 0 Å². The molecule has 0 heterocycles. The molecule has 0 atom stereocenters.